The van der Waals surface area contributed by atoms with Crippen molar-refractivity contribution >= 4 is 17.7 Å². The minimum Gasteiger partial charge on any atom is -0.385 e. The van der Waals surface area contributed by atoms with Crippen molar-refractivity contribution in [3.05, 3.63) is 0 Å². The van der Waals surface area contributed by atoms with Crippen LogP contribution in [-0.2, 0) is 4.74 Å². The number of guanidine groups is 1. The third kappa shape index (κ3) is 5.06. The molecule has 122 valence electrons. The van der Waals surface area contributed by atoms with Crippen molar-refractivity contribution < 1.29 is 4.74 Å². The van der Waals surface area contributed by atoms with Gasteiger partial charge in [0, 0.05) is 50.4 Å². The molecule has 0 unspecified atom stereocenters. The lowest BCUT2D eigenvalue weighted by molar-refractivity contribution is 0.174. The highest BCUT2D eigenvalue weighted by Crippen LogP contribution is 2.49. The Labute approximate surface area is 134 Å². The fourth-order valence-electron chi connectivity index (χ4n) is 2.85. The third-order valence-electron chi connectivity index (χ3n) is 4.42. The number of nitrogens with one attached hydrogen (secondary N) is 1. The first-order chi connectivity index (χ1) is 10.0. The van der Waals surface area contributed by atoms with Gasteiger partial charge < -0.3 is 15.0 Å². The van der Waals surface area contributed by atoms with Crippen molar-refractivity contribution in [2.24, 2.45) is 10.4 Å². The van der Waals surface area contributed by atoms with Crippen LogP contribution in [0.2, 0.25) is 0 Å². The summed E-state index contributed by atoms with van der Waals surface area (Å²) in [5.74, 6) is 2.29. The molecule has 1 aliphatic carbocycles. The summed E-state index contributed by atoms with van der Waals surface area (Å²) in [6.45, 7) is 11.7. The van der Waals surface area contributed by atoms with E-state index in [1.54, 1.807) is 7.11 Å². The Morgan fingerprint density at radius 1 is 1.38 bits per heavy atom. The summed E-state index contributed by atoms with van der Waals surface area (Å²) in [6, 6.07) is 0. The fourth-order valence-corrected chi connectivity index (χ4v) is 3.96. The van der Waals surface area contributed by atoms with E-state index < -0.39 is 0 Å². The largest absolute Gasteiger partial charge is 0.385 e. The van der Waals surface area contributed by atoms with Gasteiger partial charge in [0.15, 0.2) is 5.96 Å². The SMILES string of the molecule is CCNC(=NCC1(CCOC)CC1)N1CCSC(C)(C)C1. The second kappa shape index (κ2) is 7.23. The second-order valence-corrected chi connectivity index (χ2v) is 8.74. The van der Waals surface area contributed by atoms with Gasteiger partial charge in [-0.2, -0.15) is 11.8 Å². The summed E-state index contributed by atoms with van der Waals surface area (Å²) in [5.41, 5.74) is 0.427. The maximum atomic E-state index is 5.24. The van der Waals surface area contributed by atoms with Crippen molar-refractivity contribution in [2.75, 3.05) is 45.6 Å². The van der Waals surface area contributed by atoms with Crippen LogP contribution in [0, 0.1) is 5.41 Å². The van der Waals surface area contributed by atoms with Crippen LogP contribution in [0.5, 0.6) is 0 Å². The lowest BCUT2D eigenvalue weighted by Gasteiger charge is -2.39. The maximum Gasteiger partial charge on any atom is 0.194 e. The molecule has 0 spiro atoms. The number of aliphatic imine (C=N–C) groups is 1. The van der Waals surface area contributed by atoms with Gasteiger partial charge in [-0.1, -0.05) is 0 Å². The van der Waals surface area contributed by atoms with Crippen LogP contribution in [0.3, 0.4) is 0 Å². The van der Waals surface area contributed by atoms with Crippen molar-refractivity contribution in [3.8, 4) is 0 Å². The van der Waals surface area contributed by atoms with Crippen molar-refractivity contribution in [3.63, 3.8) is 0 Å². The maximum absolute atomic E-state index is 5.24. The number of rotatable bonds is 6. The second-order valence-electron chi connectivity index (χ2n) is 6.94. The molecule has 1 aliphatic heterocycles. The molecular formula is C16H31N3OS. The standard InChI is InChI=1S/C16H31N3OS/c1-5-17-14(19-9-11-21-15(2,3)13-19)18-12-16(6-7-16)8-10-20-4/h5-13H2,1-4H3,(H,17,18). The van der Waals surface area contributed by atoms with Gasteiger partial charge in [-0.3, -0.25) is 4.99 Å². The molecule has 2 fully saturated rings. The molecule has 0 amide bonds. The van der Waals surface area contributed by atoms with Crippen LogP contribution < -0.4 is 5.32 Å². The zero-order valence-corrected chi connectivity index (χ0v) is 14.9. The molecule has 4 nitrogen and oxygen atoms in total. The number of thioether (sulfide) groups is 1. The molecule has 0 bridgehead atoms. The average molecular weight is 314 g/mol. The number of methoxy groups -OCH3 is 1. The van der Waals surface area contributed by atoms with Crippen molar-refractivity contribution in [1.82, 2.24) is 10.2 Å². The highest BCUT2D eigenvalue weighted by molar-refractivity contribution is 8.00. The Kier molecular flexibility index (Phi) is 5.83. The summed E-state index contributed by atoms with van der Waals surface area (Å²) in [5, 5.41) is 3.48. The van der Waals surface area contributed by atoms with E-state index in [9.17, 15) is 0 Å². The predicted octanol–water partition coefficient (Wildman–Crippen LogP) is 2.60. The van der Waals surface area contributed by atoms with E-state index >= 15 is 0 Å². The molecule has 2 rings (SSSR count). The minimum absolute atomic E-state index is 0.321. The first-order valence-electron chi connectivity index (χ1n) is 8.16. The number of hydrogen-bond donors (Lipinski definition) is 1. The lowest BCUT2D eigenvalue weighted by atomic mass is 10.0. The van der Waals surface area contributed by atoms with Gasteiger partial charge in [0.05, 0.1) is 0 Å². The van der Waals surface area contributed by atoms with Gasteiger partial charge in [-0.05, 0) is 45.4 Å². The highest BCUT2D eigenvalue weighted by Gasteiger charge is 2.42. The molecule has 1 N–H and O–H groups in total. The molecule has 2 aliphatic rings. The Morgan fingerprint density at radius 3 is 2.71 bits per heavy atom. The minimum atomic E-state index is 0.321. The van der Waals surface area contributed by atoms with Gasteiger partial charge >= 0.3 is 0 Å². The molecule has 1 saturated heterocycles. The molecule has 0 aromatic carbocycles. The fraction of sp³-hybridized carbons (Fsp3) is 0.938. The molecule has 0 atom stereocenters. The van der Waals surface area contributed by atoms with E-state index in [2.05, 4.69) is 42.7 Å². The van der Waals surface area contributed by atoms with E-state index in [0.717, 1.165) is 45.2 Å². The first kappa shape index (κ1) is 16.9. The van der Waals surface area contributed by atoms with Crippen LogP contribution in [0.1, 0.15) is 40.0 Å². The van der Waals surface area contributed by atoms with Gasteiger partial charge in [-0.25, -0.2) is 0 Å². The van der Waals surface area contributed by atoms with Crippen LogP contribution in [0.15, 0.2) is 4.99 Å². The monoisotopic (exact) mass is 313 g/mol. The predicted molar refractivity (Wildman–Crippen MR) is 92.2 cm³/mol. The summed E-state index contributed by atoms with van der Waals surface area (Å²) in [7, 11) is 1.79. The van der Waals surface area contributed by atoms with E-state index in [1.807, 2.05) is 0 Å². The van der Waals surface area contributed by atoms with E-state index in [1.165, 1.54) is 18.6 Å². The Hall–Kier alpha value is -0.420. The van der Waals surface area contributed by atoms with Crippen LogP contribution in [0.4, 0.5) is 0 Å². The molecule has 1 saturated carbocycles. The van der Waals surface area contributed by atoms with Crippen LogP contribution in [-0.4, -0.2) is 61.3 Å². The van der Waals surface area contributed by atoms with E-state index in [0.29, 0.717) is 10.2 Å². The van der Waals surface area contributed by atoms with E-state index in [-0.39, 0.29) is 0 Å². The zero-order chi connectivity index (χ0) is 15.3. The number of ether oxygens (including phenoxy) is 1. The molecule has 0 aromatic heterocycles. The molecule has 0 aromatic rings. The van der Waals surface area contributed by atoms with Gasteiger partial charge in [0.2, 0.25) is 0 Å². The zero-order valence-electron chi connectivity index (χ0n) is 14.1. The van der Waals surface area contributed by atoms with Gasteiger partial charge in [-0.15, -0.1) is 0 Å². The van der Waals surface area contributed by atoms with Crippen LogP contribution >= 0.6 is 11.8 Å². The summed E-state index contributed by atoms with van der Waals surface area (Å²) < 4.78 is 5.56. The quantitative estimate of drug-likeness (QED) is 0.604. The van der Waals surface area contributed by atoms with E-state index in [4.69, 9.17) is 9.73 Å². The topological polar surface area (TPSA) is 36.9 Å². The summed E-state index contributed by atoms with van der Waals surface area (Å²) in [4.78, 5) is 7.39. The lowest BCUT2D eigenvalue weighted by Crippen LogP contribution is -2.51. The first-order valence-corrected chi connectivity index (χ1v) is 9.15. The Balaban J connectivity index is 1.96. The normalized spacial score (nSPS) is 24.0. The molecule has 0 radical (unpaired) electrons. The smallest absolute Gasteiger partial charge is 0.194 e. The average Bonchev–Trinajstić information content (AvgIpc) is 3.20. The Morgan fingerprint density at radius 2 is 2.14 bits per heavy atom. The molecule has 5 heteroatoms. The van der Waals surface area contributed by atoms with Crippen molar-refractivity contribution in [1.29, 1.82) is 0 Å². The Bertz CT molecular complexity index is 367. The molecule has 1 heterocycles. The molecule has 21 heavy (non-hydrogen) atoms. The summed E-state index contributed by atoms with van der Waals surface area (Å²) in [6.07, 6.45) is 3.76. The highest BCUT2D eigenvalue weighted by atomic mass is 32.2. The number of nitrogens with zero attached hydrogens (tertiary/aromatic N) is 2. The third-order valence-corrected chi connectivity index (χ3v) is 5.72. The summed E-state index contributed by atoms with van der Waals surface area (Å²) >= 11 is 2.07. The number of hydrogen-bond acceptors (Lipinski definition) is 3. The molecular weight excluding hydrogens is 282 g/mol. The van der Waals surface area contributed by atoms with Crippen molar-refractivity contribution in [2.45, 2.75) is 44.8 Å². The van der Waals surface area contributed by atoms with Crippen LogP contribution in [0.25, 0.3) is 0 Å². The van der Waals surface area contributed by atoms with Gasteiger partial charge in [0.25, 0.3) is 0 Å². The van der Waals surface area contributed by atoms with Gasteiger partial charge in [0.1, 0.15) is 0 Å².